The summed E-state index contributed by atoms with van der Waals surface area (Å²) in [6.07, 6.45) is 0. The van der Waals surface area contributed by atoms with Crippen LogP contribution in [0, 0.1) is 0 Å². The van der Waals surface area contributed by atoms with Crippen molar-refractivity contribution < 1.29 is 17.9 Å². The van der Waals surface area contributed by atoms with Crippen LogP contribution in [0.2, 0.25) is 0 Å². The van der Waals surface area contributed by atoms with Crippen LogP contribution >= 0.6 is 0 Å². The van der Waals surface area contributed by atoms with Gasteiger partial charge in [-0.2, -0.15) is 4.31 Å². The summed E-state index contributed by atoms with van der Waals surface area (Å²) in [5.41, 5.74) is 1.34. The molecule has 3 rings (SSSR count). The lowest BCUT2D eigenvalue weighted by molar-refractivity contribution is 0.0697. The molecule has 0 unspecified atom stereocenters. The van der Waals surface area contributed by atoms with E-state index < -0.39 is 10.0 Å². The van der Waals surface area contributed by atoms with Crippen molar-refractivity contribution in [1.82, 2.24) is 9.21 Å². The molecule has 0 aromatic heterocycles. The van der Waals surface area contributed by atoms with E-state index in [0.29, 0.717) is 37.5 Å². The van der Waals surface area contributed by atoms with Gasteiger partial charge in [-0.15, -0.1) is 0 Å². The Hall–Kier alpha value is -2.38. The molecular formula is C19H22N2O4S. The summed E-state index contributed by atoms with van der Waals surface area (Å²) in [7, 11) is -1.80. The quantitative estimate of drug-likeness (QED) is 0.803. The summed E-state index contributed by atoms with van der Waals surface area (Å²) >= 11 is 0. The number of piperazine rings is 1. The Labute approximate surface area is 154 Å². The van der Waals surface area contributed by atoms with Gasteiger partial charge in [0.1, 0.15) is 5.75 Å². The minimum Gasteiger partial charge on any atom is -0.497 e. The summed E-state index contributed by atoms with van der Waals surface area (Å²) < 4.78 is 31.7. The Morgan fingerprint density at radius 1 is 0.962 bits per heavy atom. The van der Waals surface area contributed by atoms with E-state index in [-0.39, 0.29) is 11.7 Å². The second-order valence-electron chi connectivity index (χ2n) is 6.16. The van der Waals surface area contributed by atoms with Gasteiger partial charge in [0, 0.05) is 31.7 Å². The molecule has 0 atom stereocenters. The minimum atomic E-state index is -3.38. The molecule has 0 spiro atoms. The van der Waals surface area contributed by atoms with E-state index in [1.54, 1.807) is 48.4 Å². The smallest absolute Gasteiger partial charge is 0.253 e. The number of hydrogen-bond donors (Lipinski definition) is 0. The normalized spacial score (nSPS) is 15.7. The first-order valence-corrected chi connectivity index (χ1v) is 10.1. The Bertz CT molecular complexity index is 843. The maximum Gasteiger partial charge on any atom is 0.253 e. The average molecular weight is 374 g/mol. The van der Waals surface area contributed by atoms with Gasteiger partial charge in [0.05, 0.1) is 12.9 Å². The standard InChI is InChI=1S/C19H22N2O4S/c1-25-18-9-7-17(8-10-18)19(22)20-11-13-21(14-12-20)26(23,24)15-16-5-3-2-4-6-16/h2-10H,11-15H2,1H3. The topological polar surface area (TPSA) is 66.9 Å². The second-order valence-corrected chi connectivity index (χ2v) is 8.13. The van der Waals surface area contributed by atoms with Crippen molar-refractivity contribution >= 4 is 15.9 Å². The molecule has 2 aromatic carbocycles. The Morgan fingerprint density at radius 3 is 2.15 bits per heavy atom. The number of carbonyl (C=O) groups is 1. The number of nitrogens with zero attached hydrogens (tertiary/aromatic N) is 2. The van der Waals surface area contributed by atoms with Crippen molar-refractivity contribution in [2.24, 2.45) is 0 Å². The molecule has 0 aliphatic carbocycles. The van der Waals surface area contributed by atoms with E-state index in [9.17, 15) is 13.2 Å². The lowest BCUT2D eigenvalue weighted by Gasteiger charge is -2.34. The van der Waals surface area contributed by atoms with Gasteiger partial charge in [-0.05, 0) is 29.8 Å². The zero-order valence-corrected chi connectivity index (χ0v) is 15.5. The van der Waals surface area contributed by atoms with E-state index in [4.69, 9.17) is 4.74 Å². The van der Waals surface area contributed by atoms with Gasteiger partial charge in [0.2, 0.25) is 10.0 Å². The van der Waals surface area contributed by atoms with Crippen molar-refractivity contribution in [3.8, 4) is 5.75 Å². The van der Waals surface area contributed by atoms with Crippen LogP contribution in [0.5, 0.6) is 5.75 Å². The maximum absolute atomic E-state index is 12.6. The number of carbonyl (C=O) groups excluding carboxylic acids is 1. The molecule has 26 heavy (non-hydrogen) atoms. The summed E-state index contributed by atoms with van der Waals surface area (Å²) in [4.78, 5) is 14.3. The molecule has 1 saturated heterocycles. The second kappa shape index (κ2) is 7.88. The van der Waals surface area contributed by atoms with Crippen molar-refractivity contribution in [2.45, 2.75) is 5.75 Å². The Kier molecular flexibility index (Phi) is 5.58. The fraction of sp³-hybridized carbons (Fsp3) is 0.316. The molecule has 1 amide bonds. The summed E-state index contributed by atoms with van der Waals surface area (Å²) in [6, 6.07) is 16.1. The summed E-state index contributed by atoms with van der Waals surface area (Å²) in [5, 5.41) is 0. The van der Waals surface area contributed by atoms with E-state index in [0.717, 1.165) is 5.56 Å². The number of ether oxygens (including phenoxy) is 1. The summed E-state index contributed by atoms with van der Waals surface area (Å²) in [5.74, 6) is 0.589. The van der Waals surface area contributed by atoms with Crippen LogP contribution in [0.25, 0.3) is 0 Å². The van der Waals surface area contributed by atoms with Gasteiger partial charge < -0.3 is 9.64 Å². The number of methoxy groups -OCH3 is 1. The summed E-state index contributed by atoms with van der Waals surface area (Å²) in [6.45, 7) is 1.41. The molecule has 0 N–H and O–H groups in total. The number of hydrogen-bond acceptors (Lipinski definition) is 4. The van der Waals surface area contributed by atoms with Crippen LogP contribution in [0.1, 0.15) is 15.9 Å². The molecule has 0 saturated carbocycles. The van der Waals surface area contributed by atoms with Crippen LogP contribution in [0.15, 0.2) is 54.6 Å². The van der Waals surface area contributed by atoms with Crippen LogP contribution in [-0.4, -0.2) is 56.8 Å². The van der Waals surface area contributed by atoms with Crippen LogP contribution in [0.3, 0.4) is 0 Å². The molecule has 1 heterocycles. The highest BCUT2D eigenvalue weighted by Crippen LogP contribution is 2.17. The van der Waals surface area contributed by atoms with Crippen molar-refractivity contribution in [3.05, 3.63) is 65.7 Å². The first kappa shape index (κ1) is 18.4. The van der Waals surface area contributed by atoms with Gasteiger partial charge in [-0.1, -0.05) is 30.3 Å². The van der Waals surface area contributed by atoms with Crippen LogP contribution < -0.4 is 4.74 Å². The third kappa shape index (κ3) is 4.23. The molecule has 7 heteroatoms. The van der Waals surface area contributed by atoms with Gasteiger partial charge in [0.25, 0.3) is 5.91 Å². The number of amides is 1. The van der Waals surface area contributed by atoms with Gasteiger partial charge in [-0.3, -0.25) is 4.79 Å². The van der Waals surface area contributed by atoms with Crippen molar-refractivity contribution in [2.75, 3.05) is 33.3 Å². The van der Waals surface area contributed by atoms with Gasteiger partial charge >= 0.3 is 0 Å². The fourth-order valence-corrected chi connectivity index (χ4v) is 4.48. The average Bonchev–Trinajstić information content (AvgIpc) is 2.68. The highest BCUT2D eigenvalue weighted by Gasteiger charge is 2.29. The SMILES string of the molecule is COc1ccc(C(=O)N2CCN(S(=O)(=O)Cc3ccccc3)CC2)cc1. The first-order valence-electron chi connectivity index (χ1n) is 8.45. The third-order valence-corrected chi connectivity index (χ3v) is 6.30. The molecule has 2 aromatic rings. The third-order valence-electron chi connectivity index (χ3n) is 4.45. The van der Waals surface area contributed by atoms with E-state index >= 15 is 0 Å². The molecular weight excluding hydrogens is 352 g/mol. The predicted molar refractivity (Wildman–Crippen MR) is 99.5 cm³/mol. The lowest BCUT2D eigenvalue weighted by atomic mass is 10.2. The monoisotopic (exact) mass is 374 g/mol. The zero-order valence-electron chi connectivity index (χ0n) is 14.7. The zero-order chi connectivity index (χ0) is 18.6. The number of benzene rings is 2. The molecule has 138 valence electrons. The van der Waals surface area contributed by atoms with Crippen molar-refractivity contribution in [1.29, 1.82) is 0 Å². The van der Waals surface area contributed by atoms with E-state index in [1.807, 2.05) is 18.2 Å². The minimum absolute atomic E-state index is 0.0136. The van der Waals surface area contributed by atoms with Crippen LogP contribution in [0.4, 0.5) is 0 Å². The first-order chi connectivity index (χ1) is 12.5. The molecule has 0 radical (unpaired) electrons. The molecule has 1 fully saturated rings. The van der Waals surface area contributed by atoms with Gasteiger partial charge in [-0.25, -0.2) is 8.42 Å². The Balaban J connectivity index is 1.60. The highest BCUT2D eigenvalue weighted by molar-refractivity contribution is 7.88. The number of rotatable bonds is 5. The van der Waals surface area contributed by atoms with E-state index in [1.165, 1.54) is 4.31 Å². The fourth-order valence-electron chi connectivity index (χ4n) is 2.96. The molecule has 1 aliphatic rings. The van der Waals surface area contributed by atoms with Crippen LogP contribution in [-0.2, 0) is 15.8 Å². The predicted octanol–water partition coefficient (Wildman–Crippen LogP) is 1.98. The number of sulfonamides is 1. The van der Waals surface area contributed by atoms with E-state index in [2.05, 4.69) is 0 Å². The Morgan fingerprint density at radius 2 is 1.58 bits per heavy atom. The molecule has 1 aliphatic heterocycles. The highest BCUT2D eigenvalue weighted by atomic mass is 32.2. The molecule has 6 nitrogen and oxygen atoms in total. The maximum atomic E-state index is 12.6. The van der Waals surface area contributed by atoms with Gasteiger partial charge in [0.15, 0.2) is 0 Å². The molecule has 0 bridgehead atoms. The van der Waals surface area contributed by atoms with Crippen molar-refractivity contribution in [3.63, 3.8) is 0 Å². The lowest BCUT2D eigenvalue weighted by Crippen LogP contribution is -2.50. The largest absolute Gasteiger partial charge is 0.497 e.